The topological polar surface area (TPSA) is 82.2 Å². The van der Waals surface area contributed by atoms with Gasteiger partial charge in [0, 0.05) is 12.1 Å². The van der Waals surface area contributed by atoms with Crippen molar-refractivity contribution in [3.8, 4) is 0 Å². The van der Waals surface area contributed by atoms with Gasteiger partial charge in [-0.25, -0.2) is 4.79 Å². The van der Waals surface area contributed by atoms with E-state index in [4.69, 9.17) is 11.1 Å². The van der Waals surface area contributed by atoms with Crippen LogP contribution in [0.2, 0.25) is 0 Å². The Labute approximate surface area is 126 Å². The average molecular weight is 290 g/mol. The molecule has 2 amide bonds. The zero-order valence-electron chi connectivity index (χ0n) is 12.6. The number of hydrogen-bond acceptors (Lipinski definition) is 2. The molecule has 1 aliphatic heterocycles. The van der Waals surface area contributed by atoms with E-state index in [1.54, 1.807) is 4.90 Å². The second kappa shape index (κ2) is 4.62. The van der Waals surface area contributed by atoms with Crippen LogP contribution in [0, 0.1) is 23.2 Å². The van der Waals surface area contributed by atoms with E-state index in [1.807, 2.05) is 0 Å². The Kier molecular flexibility index (Phi) is 2.95. The maximum absolute atomic E-state index is 12.7. The summed E-state index contributed by atoms with van der Waals surface area (Å²) in [7, 11) is 0. The number of carbonyl (C=O) groups excluding carboxylic acids is 1. The third-order valence-electron chi connectivity index (χ3n) is 6.28. The molecule has 0 spiro atoms. The Hall–Kier alpha value is -1.26. The number of amides is 2. The standard InChI is InChI=1S/C16H26N4O/c17-14(18)13-2-1-3-20(13)15(21)19-16-7-10-4-11(8-16)6-12(5-10)9-16/h10-13H,1-9H2,(H3,17,18)(H,19,21). The summed E-state index contributed by atoms with van der Waals surface area (Å²) in [5, 5.41) is 11.1. The van der Waals surface area contributed by atoms with Gasteiger partial charge in [-0.15, -0.1) is 0 Å². The minimum absolute atomic E-state index is 0.0228. The lowest BCUT2D eigenvalue weighted by Crippen LogP contribution is -2.62. The molecular formula is C16H26N4O. The molecule has 0 aromatic carbocycles. The van der Waals surface area contributed by atoms with Gasteiger partial charge in [-0.05, 0) is 69.1 Å². The fourth-order valence-electron chi connectivity index (χ4n) is 5.90. The van der Waals surface area contributed by atoms with E-state index >= 15 is 0 Å². The van der Waals surface area contributed by atoms with Crippen LogP contribution in [0.15, 0.2) is 0 Å². The van der Waals surface area contributed by atoms with Crippen molar-refractivity contribution in [3.05, 3.63) is 0 Å². The fraction of sp³-hybridized carbons (Fsp3) is 0.875. The van der Waals surface area contributed by atoms with Gasteiger partial charge in [-0.1, -0.05) is 0 Å². The van der Waals surface area contributed by atoms with Gasteiger partial charge in [0.1, 0.15) is 5.84 Å². The molecule has 0 aromatic rings. The molecule has 5 fully saturated rings. The Bertz CT molecular complexity index is 440. The van der Waals surface area contributed by atoms with Crippen molar-refractivity contribution in [2.45, 2.75) is 62.9 Å². The first-order chi connectivity index (χ1) is 10.0. The average Bonchev–Trinajstić information content (AvgIpc) is 2.85. The maximum Gasteiger partial charge on any atom is 0.318 e. The molecule has 4 aliphatic carbocycles. The molecule has 4 saturated carbocycles. The normalized spacial score (nSPS) is 44.1. The van der Waals surface area contributed by atoms with Crippen LogP contribution in [0.1, 0.15) is 51.4 Å². The summed E-state index contributed by atoms with van der Waals surface area (Å²) in [6.45, 7) is 0.739. The Morgan fingerprint density at radius 2 is 1.71 bits per heavy atom. The highest BCUT2D eigenvalue weighted by molar-refractivity contribution is 5.88. The molecule has 0 aromatic heterocycles. The minimum Gasteiger partial charge on any atom is -0.386 e. The van der Waals surface area contributed by atoms with Crippen molar-refractivity contribution in [1.82, 2.24) is 10.2 Å². The summed E-state index contributed by atoms with van der Waals surface area (Å²) >= 11 is 0. The lowest BCUT2D eigenvalue weighted by atomic mass is 9.53. The summed E-state index contributed by atoms with van der Waals surface area (Å²) in [5.74, 6) is 2.63. The molecule has 5 heteroatoms. The monoisotopic (exact) mass is 290 g/mol. The summed E-state index contributed by atoms with van der Waals surface area (Å²) in [4.78, 5) is 14.5. The van der Waals surface area contributed by atoms with Crippen molar-refractivity contribution >= 4 is 11.9 Å². The summed E-state index contributed by atoms with van der Waals surface area (Å²) in [6, 6.07) is -0.159. The van der Waals surface area contributed by atoms with Gasteiger partial charge in [0.2, 0.25) is 0 Å². The number of rotatable bonds is 2. The zero-order chi connectivity index (χ0) is 14.6. The molecule has 1 unspecified atom stereocenters. The van der Waals surface area contributed by atoms with E-state index in [0.29, 0.717) is 0 Å². The molecule has 5 nitrogen and oxygen atoms in total. The number of nitrogens with zero attached hydrogens (tertiary/aromatic N) is 1. The third kappa shape index (κ3) is 2.21. The highest BCUT2D eigenvalue weighted by atomic mass is 16.2. The largest absolute Gasteiger partial charge is 0.386 e. The SMILES string of the molecule is N=C(N)C1CCCN1C(=O)NC12CC3CC(CC(C3)C1)C2. The highest BCUT2D eigenvalue weighted by Gasteiger charge is 2.52. The predicted molar refractivity (Wildman–Crippen MR) is 81.1 cm³/mol. The lowest BCUT2D eigenvalue weighted by Gasteiger charge is -2.57. The number of urea groups is 1. The quantitative estimate of drug-likeness (QED) is 0.537. The third-order valence-corrected chi connectivity index (χ3v) is 6.28. The first-order valence-corrected chi connectivity index (χ1v) is 8.47. The van der Waals surface area contributed by atoms with Gasteiger partial charge in [-0.3, -0.25) is 5.41 Å². The molecule has 5 aliphatic rings. The molecule has 1 heterocycles. The second-order valence-corrected chi connectivity index (χ2v) is 7.93. The molecule has 0 radical (unpaired) electrons. The first kappa shape index (κ1) is 13.4. The van der Waals surface area contributed by atoms with Gasteiger partial charge in [0.25, 0.3) is 0 Å². The van der Waals surface area contributed by atoms with E-state index in [0.717, 1.165) is 37.1 Å². The molecule has 116 valence electrons. The lowest BCUT2D eigenvalue weighted by molar-refractivity contribution is -0.0155. The van der Waals surface area contributed by atoms with Crippen LogP contribution in [-0.4, -0.2) is 34.9 Å². The van der Waals surface area contributed by atoms with E-state index < -0.39 is 0 Å². The van der Waals surface area contributed by atoms with Crippen molar-refractivity contribution in [1.29, 1.82) is 5.41 Å². The maximum atomic E-state index is 12.7. The van der Waals surface area contributed by atoms with E-state index in [2.05, 4.69) is 5.32 Å². The summed E-state index contributed by atoms with van der Waals surface area (Å²) < 4.78 is 0. The van der Waals surface area contributed by atoms with Crippen LogP contribution >= 0.6 is 0 Å². The fourth-order valence-corrected chi connectivity index (χ4v) is 5.90. The highest BCUT2D eigenvalue weighted by Crippen LogP contribution is 2.55. The summed E-state index contributed by atoms with van der Waals surface area (Å²) in [6.07, 6.45) is 9.46. The number of carbonyl (C=O) groups is 1. The van der Waals surface area contributed by atoms with Crippen LogP contribution in [0.3, 0.4) is 0 Å². The van der Waals surface area contributed by atoms with Crippen LogP contribution in [-0.2, 0) is 0 Å². The van der Waals surface area contributed by atoms with Crippen molar-refractivity contribution < 1.29 is 4.79 Å². The van der Waals surface area contributed by atoms with Crippen LogP contribution in [0.25, 0.3) is 0 Å². The van der Waals surface area contributed by atoms with E-state index in [9.17, 15) is 4.79 Å². The Morgan fingerprint density at radius 3 is 2.24 bits per heavy atom. The zero-order valence-corrected chi connectivity index (χ0v) is 12.6. The van der Waals surface area contributed by atoms with Crippen LogP contribution in [0.4, 0.5) is 4.79 Å². The Balaban J connectivity index is 1.48. The van der Waals surface area contributed by atoms with Gasteiger partial charge in [-0.2, -0.15) is 0 Å². The van der Waals surface area contributed by atoms with Gasteiger partial charge >= 0.3 is 6.03 Å². The van der Waals surface area contributed by atoms with E-state index in [-0.39, 0.29) is 23.4 Å². The number of nitrogens with two attached hydrogens (primary N) is 1. The smallest absolute Gasteiger partial charge is 0.318 e. The Morgan fingerprint density at radius 1 is 1.14 bits per heavy atom. The molecule has 1 saturated heterocycles. The van der Waals surface area contributed by atoms with Gasteiger partial charge < -0.3 is 16.0 Å². The van der Waals surface area contributed by atoms with Gasteiger partial charge in [0.05, 0.1) is 6.04 Å². The van der Waals surface area contributed by atoms with Crippen molar-refractivity contribution in [2.75, 3.05) is 6.54 Å². The number of hydrogen-bond donors (Lipinski definition) is 3. The van der Waals surface area contributed by atoms with Crippen LogP contribution < -0.4 is 11.1 Å². The van der Waals surface area contributed by atoms with Crippen LogP contribution in [0.5, 0.6) is 0 Å². The minimum atomic E-state index is -0.182. The molecule has 21 heavy (non-hydrogen) atoms. The van der Waals surface area contributed by atoms with Crippen molar-refractivity contribution in [2.24, 2.45) is 23.5 Å². The number of nitrogens with one attached hydrogen (secondary N) is 2. The predicted octanol–water partition coefficient (Wildman–Crippen LogP) is 2.07. The molecule has 1 atom stereocenters. The molecule has 4 N–H and O–H groups in total. The second-order valence-electron chi connectivity index (χ2n) is 7.93. The van der Waals surface area contributed by atoms with Crippen molar-refractivity contribution in [3.63, 3.8) is 0 Å². The molecule has 5 rings (SSSR count). The molecule has 4 bridgehead atoms. The van der Waals surface area contributed by atoms with E-state index in [1.165, 1.54) is 38.5 Å². The molecular weight excluding hydrogens is 264 g/mol. The van der Waals surface area contributed by atoms with Gasteiger partial charge in [0.15, 0.2) is 0 Å². The first-order valence-electron chi connectivity index (χ1n) is 8.47. The number of likely N-dealkylation sites (tertiary alicyclic amines) is 1. The summed E-state index contributed by atoms with van der Waals surface area (Å²) in [5.41, 5.74) is 5.70. The number of amidine groups is 1.